The van der Waals surface area contributed by atoms with E-state index in [0.717, 1.165) is 12.4 Å². The average molecular weight is 250 g/mol. The van der Waals surface area contributed by atoms with Crippen LogP contribution in [0.4, 0.5) is 12.9 Å². The molecule has 9 heteroatoms. The van der Waals surface area contributed by atoms with Gasteiger partial charge in [0.1, 0.15) is 0 Å². The first-order valence-corrected chi connectivity index (χ1v) is 3.69. The third-order valence-corrected chi connectivity index (χ3v) is 1.42. The molecule has 0 amide bonds. The predicted molar refractivity (Wildman–Crippen MR) is 42.6 cm³/mol. The molecule has 14 heavy (non-hydrogen) atoms. The second-order valence-corrected chi connectivity index (χ2v) is 2.85. The smallest absolute Gasteiger partial charge is 0.448 e. The summed E-state index contributed by atoms with van der Waals surface area (Å²) in [7, 11) is 0. The van der Waals surface area contributed by atoms with Crippen LogP contribution >= 0.6 is 11.6 Å². The fraction of sp³-hybridized carbons (Fsp3) is 0.200. The van der Waals surface area contributed by atoms with Gasteiger partial charge >= 0.3 is 64.1 Å². The first kappa shape index (κ1) is 14.7. The first-order valence-electron chi connectivity index (χ1n) is 3.31. The second-order valence-electron chi connectivity index (χ2n) is 2.42. The van der Waals surface area contributed by atoms with Crippen molar-refractivity contribution >= 4 is 18.6 Å². The molecule has 0 unspecified atom stereocenters. The first-order chi connectivity index (χ1) is 5.88. The molecule has 0 aliphatic heterocycles. The fourth-order valence-corrected chi connectivity index (χ4v) is 0.949. The van der Waals surface area contributed by atoms with Gasteiger partial charge < -0.3 is 17.5 Å². The van der Waals surface area contributed by atoms with E-state index >= 15 is 0 Å². The molecule has 0 bridgehead atoms. The van der Waals surface area contributed by atoms with Gasteiger partial charge in [0.15, 0.2) is 0 Å². The Kier molecular flexibility index (Phi) is 5.93. The van der Waals surface area contributed by atoms with Gasteiger partial charge in [-0.05, 0) is 6.44 Å². The molecule has 0 saturated heterocycles. The van der Waals surface area contributed by atoms with E-state index in [-0.39, 0.29) is 56.4 Å². The number of nitrogens with zero attached hydrogens (tertiary/aromatic N) is 2. The topological polar surface area (TPSA) is 34.9 Å². The van der Waals surface area contributed by atoms with E-state index in [0.29, 0.717) is 4.57 Å². The maximum Gasteiger partial charge on any atom is 1.00 e. The molecule has 0 atom stereocenters. The summed E-state index contributed by atoms with van der Waals surface area (Å²) in [6.45, 7) is -5.05. The molecule has 3 nitrogen and oxygen atoms in total. The molecule has 0 aromatic carbocycles. The summed E-state index contributed by atoms with van der Waals surface area (Å²) < 4.78 is 36.1. The number of halogens is 4. The van der Waals surface area contributed by atoms with Crippen LogP contribution in [0.5, 0.6) is 0 Å². The molecule has 72 valence electrons. The fourth-order valence-electron chi connectivity index (χ4n) is 0.782. The molecule has 1 heterocycles. The van der Waals surface area contributed by atoms with Crippen LogP contribution in [0.3, 0.4) is 0 Å². The third kappa shape index (κ3) is 4.94. The quantitative estimate of drug-likeness (QED) is 0.586. The Morgan fingerprint density at radius 1 is 1.50 bits per heavy atom. The summed E-state index contributed by atoms with van der Waals surface area (Å²) >= 11 is 5.36. The van der Waals surface area contributed by atoms with Crippen molar-refractivity contribution < 1.29 is 64.3 Å². The second kappa shape index (κ2) is 5.67. The number of hydrogen-bond acceptors (Lipinski definition) is 2. The molecule has 1 rings (SSSR count). The zero-order valence-electron chi connectivity index (χ0n) is 7.25. The van der Waals surface area contributed by atoms with Crippen LogP contribution in [0.2, 0.25) is 5.02 Å². The van der Waals surface area contributed by atoms with Crippen LogP contribution in [-0.4, -0.2) is 16.5 Å². The molecule has 0 saturated carbocycles. The van der Waals surface area contributed by atoms with Crippen LogP contribution in [0.1, 0.15) is 0 Å². The van der Waals surface area contributed by atoms with Crippen molar-refractivity contribution in [3.63, 3.8) is 0 Å². The average Bonchev–Trinajstić information content (AvgIpc) is 1.94. The van der Waals surface area contributed by atoms with Gasteiger partial charge in [-0.2, -0.15) is 0 Å². The van der Waals surface area contributed by atoms with Crippen LogP contribution in [0, 0.1) is 0 Å². The van der Waals surface area contributed by atoms with Crippen molar-refractivity contribution in [3.05, 3.63) is 27.9 Å². The van der Waals surface area contributed by atoms with Gasteiger partial charge in [-0.15, -0.1) is 0 Å². The van der Waals surface area contributed by atoms with Crippen molar-refractivity contribution in [1.29, 1.82) is 0 Å². The number of rotatable bonds is 2. The molecular weight excluding hydrogens is 246 g/mol. The Morgan fingerprint density at radius 2 is 2.07 bits per heavy atom. The maximum atomic E-state index is 11.9. The SMILES string of the molecule is O=c1ncc(Cl)cn1C[B-](F)(F)F.[K+]. The molecule has 0 fully saturated rings. The summed E-state index contributed by atoms with van der Waals surface area (Å²) in [5.74, 6) is 0. The zero-order valence-corrected chi connectivity index (χ0v) is 11.1. The van der Waals surface area contributed by atoms with E-state index in [2.05, 4.69) is 4.98 Å². The normalized spacial score (nSPS) is 10.9. The van der Waals surface area contributed by atoms with Crippen molar-refractivity contribution in [2.45, 2.75) is 6.44 Å². The largest absolute Gasteiger partial charge is 1.00 e. The monoisotopic (exact) mass is 250 g/mol. The van der Waals surface area contributed by atoms with E-state index in [9.17, 15) is 17.7 Å². The Balaban J connectivity index is 0.00000169. The summed E-state index contributed by atoms with van der Waals surface area (Å²) in [6.07, 6.45) is 0.599. The van der Waals surface area contributed by atoms with Gasteiger partial charge in [-0.25, -0.2) is 9.78 Å². The van der Waals surface area contributed by atoms with E-state index in [4.69, 9.17) is 11.6 Å². The molecule has 1 aromatic heterocycles. The van der Waals surface area contributed by atoms with Crippen LogP contribution in [0.15, 0.2) is 17.2 Å². The molecule has 0 aliphatic carbocycles. The Bertz CT molecular complexity index is 369. The zero-order chi connectivity index (χ0) is 10.1. The summed E-state index contributed by atoms with van der Waals surface area (Å²) in [6, 6.07) is 0. The summed E-state index contributed by atoms with van der Waals surface area (Å²) in [5.41, 5.74) is -0.955. The van der Waals surface area contributed by atoms with E-state index in [1.54, 1.807) is 0 Å². The van der Waals surface area contributed by atoms with Gasteiger partial charge in [0.25, 0.3) is 0 Å². The van der Waals surface area contributed by atoms with Gasteiger partial charge in [0.2, 0.25) is 0 Å². The van der Waals surface area contributed by atoms with Gasteiger partial charge in [-0.3, -0.25) is 0 Å². The Labute approximate surface area is 125 Å². The van der Waals surface area contributed by atoms with Crippen molar-refractivity contribution in [3.8, 4) is 0 Å². The van der Waals surface area contributed by atoms with Crippen LogP contribution in [0.25, 0.3) is 0 Å². The molecule has 0 radical (unpaired) electrons. The minimum absolute atomic E-state index is 0. The van der Waals surface area contributed by atoms with E-state index in [1.165, 1.54) is 0 Å². The summed E-state index contributed by atoms with van der Waals surface area (Å²) in [5, 5.41) is -0.000324. The molecule has 0 spiro atoms. The standard InChI is InChI=1S/C5H4BClF3N2O.K/c7-4-1-11-5(13)12(2-4)3-6(8,9)10;/h1-2H,3H2;/q-1;+1. The van der Waals surface area contributed by atoms with Crippen molar-refractivity contribution in [1.82, 2.24) is 9.55 Å². The maximum absolute atomic E-state index is 11.9. The van der Waals surface area contributed by atoms with E-state index in [1.807, 2.05) is 0 Å². The minimum Gasteiger partial charge on any atom is -0.448 e. The van der Waals surface area contributed by atoms with E-state index < -0.39 is 19.1 Å². The van der Waals surface area contributed by atoms with Gasteiger partial charge in [0, 0.05) is 6.20 Å². The molecule has 0 N–H and O–H groups in total. The Hall–Kier alpha value is 0.661. The van der Waals surface area contributed by atoms with Crippen LogP contribution in [-0.2, 0) is 6.44 Å². The van der Waals surface area contributed by atoms with Crippen molar-refractivity contribution in [2.75, 3.05) is 0 Å². The molecular formula is C5H4BClF3KN2O. The number of hydrogen-bond donors (Lipinski definition) is 0. The van der Waals surface area contributed by atoms with Crippen LogP contribution < -0.4 is 57.1 Å². The third-order valence-electron chi connectivity index (χ3n) is 1.23. The molecule has 0 aliphatic rings. The van der Waals surface area contributed by atoms with Crippen molar-refractivity contribution in [2.24, 2.45) is 0 Å². The number of aromatic nitrogens is 2. The summed E-state index contributed by atoms with van der Waals surface area (Å²) in [4.78, 5) is 13.9. The minimum atomic E-state index is -5.05. The van der Waals surface area contributed by atoms with Gasteiger partial charge in [0.05, 0.1) is 11.2 Å². The molecule has 1 aromatic rings. The van der Waals surface area contributed by atoms with Gasteiger partial charge in [-0.1, -0.05) is 11.6 Å². The predicted octanol–water partition coefficient (Wildman–Crippen LogP) is -1.71. The Morgan fingerprint density at radius 3 is 2.57 bits per heavy atom.